The lowest BCUT2D eigenvalue weighted by Gasteiger charge is -2.21. The van der Waals surface area contributed by atoms with Crippen molar-refractivity contribution in [1.29, 1.82) is 0 Å². The van der Waals surface area contributed by atoms with Crippen LogP contribution in [0.1, 0.15) is 44.7 Å². The lowest BCUT2D eigenvalue weighted by Crippen LogP contribution is -2.38. The van der Waals surface area contributed by atoms with Gasteiger partial charge in [0.1, 0.15) is 0 Å². The lowest BCUT2D eigenvalue weighted by molar-refractivity contribution is 0.183. The Balaban J connectivity index is 1.87. The molecule has 1 heterocycles. The predicted octanol–water partition coefficient (Wildman–Crippen LogP) is 2.42. The molecule has 0 radical (unpaired) electrons. The molecule has 122 valence electrons. The van der Waals surface area contributed by atoms with E-state index in [9.17, 15) is 9.90 Å². The quantitative estimate of drug-likeness (QED) is 0.756. The van der Waals surface area contributed by atoms with Gasteiger partial charge in [-0.25, -0.2) is 4.79 Å². The highest BCUT2D eigenvalue weighted by Crippen LogP contribution is 2.23. The van der Waals surface area contributed by atoms with Gasteiger partial charge in [-0.1, -0.05) is 12.1 Å². The van der Waals surface area contributed by atoms with Crippen molar-refractivity contribution < 1.29 is 9.90 Å². The van der Waals surface area contributed by atoms with E-state index in [1.807, 2.05) is 19.1 Å². The summed E-state index contributed by atoms with van der Waals surface area (Å²) in [5, 5.41) is 14.9. The maximum atomic E-state index is 11.8. The number of hydrogen-bond acceptors (Lipinski definition) is 3. The molecule has 1 fully saturated rings. The molecule has 5 heteroatoms. The predicted molar refractivity (Wildman–Crippen MR) is 89.1 cm³/mol. The number of urea groups is 1. The highest BCUT2D eigenvalue weighted by atomic mass is 16.3. The largest absolute Gasteiger partial charge is 0.393 e. The summed E-state index contributed by atoms with van der Waals surface area (Å²) in [6.07, 6.45) is 2.68. The first-order valence-corrected chi connectivity index (χ1v) is 8.13. The molecule has 1 aromatic carbocycles. The first kappa shape index (κ1) is 16.6. The molecule has 2 unspecified atom stereocenters. The van der Waals surface area contributed by atoms with Crippen molar-refractivity contribution in [2.24, 2.45) is 0 Å². The summed E-state index contributed by atoms with van der Waals surface area (Å²) in [6.45, 7) is 6.41. The van der Waals surface area contributed by atoms with Crippen LogP contribution in [0.25, 0.3) is 0 Å². The second-order valence-corrected chi connectivity index (χ2v) is 6.05. The van der Waals surface area contributed by atoms with Gasteiger partial charge in [0.05, 0.1) is 12.1 Å². The molecule has 3 N–H and O–H groups in total. The van der Waals surface area contributed by atoms with Crippen LogP contribution in [-0.4, -0.2) is 36.9 Å². The summed E-state index contributed by atoms with van der Waals surface area (Å²) in [4.78, 5) is 14.2. The Morgan fingerprint density at radius 3 is 2.73 bits per heavy atom. The summed E-state index contributed by atoms with van der Waals surface area (Å²) in [7, 11) is 0. The van der Waals surface area contributed by atoms with Gasteiger partial charge in [0.2, 0.25) is 0 Å². The van der Waals surface area contributed by atoms with E-state index in [-0.39, 0.29) is 12.1 Å². The molecule has 5 nitrogen and oxygen atoms in total. The van der Waals surface area contributed by atoms with E-state index in [1.54, 1.807) is 6.92 Å². The van der Waals surface area contributed by atoms with Gasteiger partial charge in [0.25, 0.3) is 0 Å². The first-order chi connectivity index (χ1) is 10.6. The molecule has 0 spiro atoms. The maximum absolute atomic E-state index is 11.8. The molecule has 2 amide bonds. The SMILES string of the molecule is CC(O)CCNC(=O)NC(C)c1cccc(N2CCCC2)c1. The number of rotatable bonds is 6. The van der Waals surface area contributed by atoms with Gasteiger partial charge < -0.3 is 20.6 Å². The van der Waals surface area contributed by atoms with E-state index < -0.39 is 6.10 Å². The number of nitrogens with zero attached hydrogens (tertiary/aromatic N) is 1. The number of anilines is 1. The Morgan fingerprint density at radius 2 is 2.05 bits per heavy atom. The summed E-state index contributed by atoms with van der Waals surface area (Å²) in [5.41, 5.74) is 2.34. The van der Waals surface area contributed by atoms with Crippen LogP contribution in [0.15, 0.2) is 24.3 Å². The molecule has 22 heavy (non-hydrogen) atoms. The Kier molecular flexibility index (Phi) is 6.07. The summed E-state index contributed by atoms with van der Waals surface area (Å²) in [5.74, 6) is 0. The summed E-state index contributed by atoms with van der Waals surface area (Å²) in [6, 6.07) is 8.14. The average molecular weight is 305 g/mol. The molecule has 1 aliphatic heterocycles. The second-order valence-electron chi connectivity index (χ2n) is 6.05. The van der Waals surface area contributed by atoms with Crippen LogP contribution in [0.5, 0.6) is 0 Å². The van der Waals surface area contributed by atoms with Crippen LogP contribution >= 0.6 is 0 Å². The minimum atomic E-state index is -0.394. The minimum absolute atomic E-state index is 0.0471. The van der Waals surface area contributed by atoms with E-state index in [4.69, 9.17) is 0 Å². The number of nitrogens with one attached hydrogen (secondary N) is 2. The fourth-order valence-electron chi connectivity index (χ4n) is 2.69. The van der Waals surface area contributed by atoms with E-state index >= 15 is 0 Å². The van der Waals surface area contributed by atoms with E-state index in [0.717, 1.165) is 18.7 Å². The monoisotopic (exact) mass is 305 g/mol. The lowest BCUT2D eigenvalue weighted by atomic mass is 10.1. The Hall–Kier alpha value is -1.75. The zero-order chi connectivity index (χ0) is 15.9. The van der Waals surface area contributed by atoms with Crippen molar-refractivity contribution in [3.8, 4) is 0 Å². The van der Waals surface area contributed by atoms with Crippen LogP contribution in [0.2, 0.25) is 0 Å². The van der Waals surface area contributed by atoms with Gasteiger partial charge in [-0.15, -0.1) is 0 Å². The van der Waals surface area contributed by atoms with Crippen LogP contribution in [-0.2, 0) is 0 Å². The van der Waals surface area contributed by atoms with Crippen LogP contribution in [0, 0.1) is 0 Å². The van der Waals surface area contributed by atoms with Gasteiger partial charge in [-0.2, -0.15) is 0 Å². The van der Waals surface area contributed by atoms with Crippen molar-refractivity contribution in [2.75, 3.05) is 24.5 Å². The number of aliphatic hydroxyl groups excluding tert-OH is 1. The number of benzene rings is 1. The molecule has 2 rings (SSSR count). The first-order valence-electron chi connectivity index (χ1n) is 8.13. The molecule has 2 atom stereocenters. The summed E-state index contributed by atoms with van der Waals surface area (Å²) >= 11 is 0. The fourth-order valence-corrected chi connectivity index (χ4v) is 2.69. The molecule has 0 aromatic heterocycles. The van der Waals surface area contributed by atoms with Gasteiger partial charge in [0, 0.05) is 25.3 Å². The molecule has 1 aromatic rings. The Morgan fingerprint density at radius 1 is 1.32 bits per heavy atom. The van der Waals surface area contributed by atoms with Crippen LogP contribution in [0.3, 0.4) is 0 Å². The van der Waals surface area contributed by atoms with E-state index in [0.29, 0.717) is 13.0 Å². The third-order valence-electron chi connectivity index (χ3n) is 4.04. The molecular weight excluding hydrogens is 278 g/mol. The molecule has 1 saturated heterocycles. The van der Waals surface area contributed by atoms with Crippen molar-refractivity contribution in [1.82, 2.24) is 10.6 Å². The third-order valence-corrected chi connectivity index (χ3v) is 4.04. The van der Waals surface area contributed by atoms with Crippen molar-refractivity contribution >= 4 is 11.7 Å². The van der Waals surface area contributed by atoms with Gasteiger partial charge >= 0.3 is 6.03 Å². The van der Waals surface area contributed by atoms with Crippen molar-refractivity contribution in [2.45, 2.75) is 45.3 Å². The van der Waals surface area contributed by atoms with E-state index in [1.165, 1.54) is 18.5 Å². The number of amides is 2. The average Bonchev–Trinajstić information content (AvgIpc) is 3.01. The smallest absolute Gasteiger partial charge is 0.315 e. The molecule has 0 aliphatic carbocycles. The molecule has 0 bridgehead atoms. The van der Waals surface area contributed by atoms with E-state index in [2.05, 4.69) is 27.7 Å². The topological polar surface area (TPSA) is 64.6 Å². The Labute approximate surface area is 132 Å². The van der Waals surface area contributed by atoms with Crippen molar-refractivity contribution in [3.63, 3.8) is 0 Å². The number of carbonyl (C=O) groups is 1. The number of hydrogen-bond donors (Lipinski definition) is 3. The Bertz CT molecular complexity index is 485. The fraction of sp³-hybridized carbons (Fsp3) is 0.588. The second kappa shape index (κ2) is 8.03. The highest BCUT2D eigenvalue weighted by Gasteiger charge is 2.14. The third kappa shape index (κ3) is 4.91. The standard InChI is InChI=1S/C17H27N3O2/c1-13(21)8-9-18-17(22)19-14(2)15-6-5-7-16(12-15)20-10-3-4-11-20/h5-7,12-14,21H,3-4,8-11H2,1-2H3,(H2,18,19,22). The number of aliphatic hydroxyl groups is 1. The maximum Gasteiger partial charge on any atom is 0.315 e. The van der Waals surface area contributed by atoms with Crippen molar-refractivity contribution in [3.05, 3.63) is 29.8 Å². The van der Waals surface area contributed by atoms with Crippen LogP contribution in [0.4, 0.5) is 10.5 Å². The molecule has 1 aliphatic rings. The van der Waals surface area contributed by atoms with Crippen LogP contribution < -0.4 is 15.5 Å². The molecule has 0 saturated carbocycles. The minimum Gasteiger partial charge on any atom is -0.393 e. The van der Waals surface area contributed by atoms with Gasteiger partial charge in [-0.3, -0.25) is 0 Å². The van der Waals surface area contributed by atoms with Gasteiger partial charge in [0.15, 0.2) is 0 Å². The highest BCUT2D eigenvalue weighted by molar-refractivity contribution is 5.74. The number of carbonyl (C=O) groups excluding carboxylic acids is 1. The summed E-state index contributed by atoms with van der Waals surface area (Å²) < 4.78 is 0. The normalized spacial score (nSPS) is 17.1. The molecular formula is C17H27N3O2. The zero-order valence-corrected chi connectivity index (χ0v) is 13.5. The zero-order valence-electron chi connectivity index (χ0n) is 13.5. The van der Waals surface area contributed by atoms with Gasteiger partial charge in [-0.05, 0) is 50.8 Å².